The molecule has 8 heteroatoms. The second-order valence-corrected chi connectivity index (χ2v) is 6.83. The van der Waals surface area contributed by atoms with Crippen LogP contribution in [0.5, 0.6) is 5.75 Å². The molecule has 2 fully saturated rings. The predicted molar refractivity (Wildman–Crippen MR) is 86.0 cm³/mol. The van der Waals surface area contributed by atoms with Gasteiger partial charge in [0.1, 0.15) is 0 Å². The zero-order valence-corrected chi connectivity index (χ0v) is 13.7. The number of rotatable bonds is 5. The van der Waals surface area contributed by atoms with E-state index >= 15 is 0 Å². The van der Waals surface area contributed by atoms with E-state index in [0.29, 0.717) is 19.5 Å². The highest BCUT2D eigenvalue weighted by atomic mass is 32.2. The molecule has 128 valence electrons. The van der Waals surface area contributed by atoms with E-state index in [0.717, 1.165) is 5.75 Å². The fraction of sp³-hybridized carbons (Fsp3) is 0.438. The van der Waals surface area contributed by atoms with Gasteiger partial charge in [-0.25, -0.2) is 4.39 Å². The molecular formula is C16H17FN2O4S. The Labute approximate surface area is 142 Å². The van der Waals surface area contributed by atoms with E-state index in [1.807, 2.05) is 0 Å². The quantitative estimate of drug-likeness (QED) is 0.849. The van der Waals surface area contributed by atoms with Gasteiger partial charge in [-0.15, -0.1) is 0 Å². The first-order valence-corrected chi connectivity index (χ1v) is 8.65. The molecule has 0 saturated carbocycles. The Bertz CT molecular complexity index is 663. The van der Waals surface area contributed by atoms with Crippen LogP contribution in [0, 0.1) is 11.7 Å². The average Bonchev–Trinajstić information content (AvgIpc) is 2.90. The number of ether oxygens (including phenoxy) is 1. The monoisotopic (exact) mass is 352 g/mol. The zero-order valence-electron chi connectivity index (χ0n) is 12.9. The summed E-state index contributed by atoms with van der Waals surface area (Å²) in [5.41, 5.74) is 0. The number of carbonyl (C=O) groups is 3. The van der Waals surface area contributed by atoms with Gasteiger partial charge in [-0.2, -0.15) is 0 Å². The summed E-state index contributed by atoms with van der Waals surface area (Å²) in [6, 6.07) is 5.46. The third kappa shape index (κ3) is 3.69. The molecule has 2 heterocycles. The summed E-state index contributed by atoms with van der Waals surface area (Å²) in [4.78, 5) is 37.0. The summed E-state index contributed by atoms with van der Waals surface area (Å²) in [6.45, 7) is 0.311. The minimum atomic E-state index is -0.523. The number of carbonyl (C=O) groups excluding carboxylic acids is 3. The smallest absolute Gasteiger partial charge is 0.260 e. The molecule has 1 N–H and O–H groups in total. The van der Waals surface area contributed by atoms with Gasteiger partial charge in [-0.1, -0.05) is 23.9 Å². The first kappa shape index (κ1) is 16.8. The topological polar surface area (TPSA) is 75.7 Å². The molecule has 3 rings (SSSR count). The van der Waals surface area contributed by atoms with E-state index in [2.05, 4.69) is 5.32 Å². The van der Waals surface area contributed by atoms with Crippen molar-refractivity contribution in [2.45, 2.75) is 12.5 Å². The first-order chi connectivity index (χ1) is 11.5. The van der Waals surface area contributed by atoms with Gasteiger partial charge in [-0.3, -0.25) is 14.4 Å². The van der Waals surface area contributed by atoms with Gasteiger partial charge in [0.2, 0.25) is 11.0 Å². The van der Waals surface area contributed by atoms with E-state index in [1.54, 1.807) is 6.07 Å². The Morgan fingerprint density at radius 3 is 2.75 bits per heavy atom. The van der Waals surface area contributed by atoms with Crippen molar-refractivity contribution in [3.05, 3.63) is 30.1 Å². The van der Waals surface area contributed by atoms with Gasteiger partial charge in [0.25, 0.3) is 5.91 Å². The lowest BCUT2D eigenvalue weighted by Gasteiger charge is -2.38. The van der Waals surface area contributed by atoms with Gasteiger partial charge in [0, 0.05) is 18.8 Å². The first-order valence-electron chi connectivity index (χ1n) is 7.66. The lowest BCUT2D eigenvalue weighted by atomic mass is 9.98. The number of likely N-dealkylation sites (tertiary alicyclic amines) is 1. The number of halogens is 1. The summed E-state index contributed by atoms with van der Waals surface area (Å²) in [5.74, 6) is -0.569. The van der Waals surface area contributed by atoms with Crippen LogP contribution in [-0.2, 0) is 14.4 Å². The van der Waals surface area contributed by atoms with Crippen LogP contribution >= 0.6 is 11.8 Å². The minimum absolute atomic E-state index is 0.00565. The standard InChI is InChI=1S/C16H17FN2O4S/c17-11-3-1-2-4-13(11)23-9-14(20)19-7-10(8-19)15(21)18-12-5-6-24-16(12)22/h1-4,10,12H,5-9H2,(H,18,21)/t12-/m1/s1. The molecule has 0 spiro atoms. The number of amides is 2. The van der Waals surface area contributed by atoms with E-state index in [4.69, 9.17) is 4.74 Å². The van der Waals surface area contributed by atoms with Crippen molar-refractivity contribution < 1.29 is 23.5 Å². The SMILES string of the molecule is O=C(N[C@@H]1CCSC1=O)C1CN(C(=O)COc2ccccc2F)C1. The molecule has 1 aromatic carbocycles. The third-order valence-corrected chi connectivity index (χ3v) is 5.05. The molecule has 1 aromatic rings. The molecule has 0 unspecified atom stereocenters. The maximum Gasteiger partial charge on any atom is 0.260 e. The molecule has 0 aromatic heterocycles. The number of hydrogen-bond donors (Lipinski definition) is 1. The van der Waals surface area contributed by atoms with Crippen LogP contribution in [0.1, 0.15) is 6.42 Å². The molecule has 2 amide bonds. The Morgan fingerprint density at radius 1 is 1.33 bits per heavy atom. The number of thioether (sulfide) groups is 1. The summed E-state index contributed by atoms with van der Waals surface area (Å²) >= 11 is 1.23. The predicted octanol–water partition coefficient (Wildman–Crippen LogP) is 0.811. The van der Waals surface area contributed by atoms with E-state index in [9.17, 15) is 18.8 Å². The van der Waals surface area contributed by atoms with Gasteiger partial charge in [0.05, 0.1) is 12.0 Å². The van der Waals surface area contributed by atoms with E-state index < -0.39 is 11.9 Å². The van der Waals surface area contributed by atoms with Crippen molar-refractivity contribution in [1.82, 2.24) is 10.2 Å². The number of benzene rings is 1. The second-order valence-electron chi connectivity index (χ2n) is 5.73. The normalized spacial score (nSPS) is 20.6. The molecule has 2 aliphatic heterocycles. The van der Waals surface area contributed by atoms with Crippen LogP contribution in [0.25, 0.3) is 0 Å². The molecule has 1 atom stereocenters. The molecular weight excluding hydrogens is 335 g/mol. The largest absolute Gasteiger partial charge is 0.481 e. The van der Waals surface area contributed by atoms with Crippen molar-refractivity contribution in [2.75, 3.05) is 25.4 Å². The van der Waals surface area contributed by atoms with Crippen molar-refractivity contribution in [1.29, 1.82) is 0 Å². The molecule has 24 heavy (non-hydrogen) atoms. The molecule has 2 aliphatic rings. The Morgan fingerprint density at radius 2 is 2.08 bits per heavy atom. The average molecular weight is 352 g/mol. The minimum Gasteiger partial charge on any atom is -0.481 e. The highest BCUT2D eigenvalue weighted by Crippen LogP contribution is 2.22. The Hall–Kier alpha value is -2.09. The fourth-order valence-electron chi connectivity index (χ4n) is 2.56. The van der Waals surface area contributed by atoms with E-state index in [1.165, 1.54) is 34.9 Å². The van der Waals surface area contributed by atoms with Gasteiger partial charge < -0.3 is 15.0 Å². The molecule has 0 bridgehead atoms. The van der Waals surface area contributed by atoms with Crippen LogP contribution in [0.3, 0.4) is 0 Å². The lowest BCUT2D eigenvalue weighted by Crippen LogP contribution is -2.58. The summed E-state index contributed by atoms with van der Waals surface area (Å²) in [5, 5.41) is 2.72. The zero-order chi connectivity index (χ0) is 17.1. The Kier molecular flexibility index (Phi) is 5.03. The van der Waals surface area contributed by atoms with Crippen molar-refractivity contribution in [2.24, 2.45) is 5.92 Å². The molecule has 0 aliphatic carbocycles. The maximum atomic E-state index is 13.4. The third-order valence-electron chi connectivity index (χ3n) is 4.04. The molecule has 2 saturated heterocycles. The van der Waals surface area contributed by atoms with Crippen molar-refractivity contribution in [3.8, 4) is 5.75 Å². The van der Waals surface area contributed by atoms with Crippen LogP contribution < -0.4 is 10.1 Å². The number of nitrogens with one attached hydrogen (secondary N) is 1. The van der Waals surface area contributed by atoms with Gasteiger partial charge in [-0.05, 0) is 18.6 Å². The maximum absolute atomic E-state index is 13.4. The van der Waals surface area contributed by atoms with Crippen LogP contribution in [0.15, 0.2) is 24.3 Å². The van der Waals surface area contributed by atoms with Crippen molar-refractivity contribution in [3.63, 3.8) is 0 Å². The lowest BCUT2D eigenvalue weighted by molar-refractivity contribution is -0.145. The number of hydrogen-bond acceptors (Lipinski definition) is 5. The highest BCUT2D eigenvalue weighted by Gasteiger charge is 2.38. The number of nitrogens with zero attached hydrogens (tertiary/aromatic N) is 1. The Balaban J connectivity index is 1.41. The number of para-hydroxylation sites is 1. The highest BCUT2D eigenvalue weighted by molar-refractivity contribution is 8.14. The van der Waals surface area contributed by atoms with Gasteiger partial charge in [0.15, 0.2) is 18.2 Å². The summed E-state index contributed by atoms with van der Waals surface area (Å²) < 4.78 is 18.6. The van der Waals surface area contributed by atoms with Crippen LogP contribution in [0.2, 0.25) is 0 Å². The fourth-order valence-corrected chi connectivity index (χ4v) is 3.49. The molecule has 0 radical (unpaired) electrons. The summed E-state index contributed by atoms with van der Waals surface area (Å²) in [6.07, 6.45) is 0.654. The van der Waals surface area contributed by atoms with Gasteiger partial charge >= 0.3 is 0 Å². The second kappa shape index (κ2) is 7.21. The van der Waals surface area contributed by atoms with Crippen LogP contribution in [-0.4, -0.2) is 53.3 Å². The van der Waals surface area contributed by atoms with Crippen molar-refractivity contribution >= 4 is 28.7 Å². The molecule has 6 nitrogen and oxygen atoms in total. The van der Waals surface area contributed by atoms with Crippen LogP contribution in [0.4, 0.5) is 4.39 Å². The van der Waals surface area contributed by atoms with E-state index in [-0.39, 0.29) is 35.2 Å². The summed E-state index contributed by atoms with van der Waals surface area (Å²) in [7, 11) is 0.